The van der Waals surface area contributed by atoms with E-state index in [1.807, 2.05) is 36.4 Å². The van der Waals surface area contributed by atoms with Crippen LogP contribution in [0.4, 0.5) is 0 Å². The number of hydrogen-bond acceptors (Lipinski definition) is 4. The van der Waals surface area contributed by atoms with E-state index in [2.05, 4.69) is 34.7 Å². The van der Waals surface area contributed by atoms with Gasteiger partial charge in [-0.3, -0.25) is 9.08 Å². The SMILES string of the molecule is [B]c1ccc2c(c1)cc1n2C[C@@H](COS(C)(=O)=O)[C@H]1N(C)Cc1ccccc1. The molecule has 4 rings (SSSR count). The Morgan fingerprint density at radius 1 is 1.18 bits per heavy atom. The molecule has 0 bridgehead atoms. The second-order valence-electron chi connectivity index (χ2n) is 7.59. The van der Waals surface area contributed by atoms with Gasteiger partial charge in [0.15, 0.2) is 0 Å². The summed E-state index contributed by atoms with van der Waals surface area (Å²) in [4.78, 5) is 2.27. The third-order valence-corrected chi connectivity index (χ3v) is 5.93. The van der Waals surface area contributed by atoms with Gasteiger partial charge >= 0.3 is 0 Å². The third kappa shape index (κ3) is 3.88. The van der Waals surface area contributed by atoms with Gasteiger partial charge in [-0.05, 0) is 30.1 Å². The van der Waals surface area contributed by atoms with Crippen LogP contribution in [-0.4, -0.2) is 45.6 Å². The summed E-state index contributed by atoms with van der Waals surface area (Å²) < 4.78 is 30.6. The Morgan fingerprint density at radius 2 is 1.93 bits per heavy atom. The predicted octanol–water partition coefficient (Wildman–Crippen LogP) is 2.21. The maximum absolute atomic E-state index is 11.6. The molecule has 0 N–H and O–H groups in total. The Bertz CT molecular complexity index is 1100. The first-order valence-corrected chi connectivity index (χ1v) is 11.1. The topological polar surface area (TPSA) is 51.5 Å². The molecule has 1 aliphatic rings. The first kappa shape index (κ1) is 19.2. The molecule has 5 nitrogen and oxygen atoms in total. The van der Waals surface area contributed by atoms with Crippen molar-refractivity contribution in [3.8, 4) is 0 Å². The van der Waals surface area contributed by atoms with Crippen molar-refractivity contribution >= 4 is 34.3 Å². The van der Waals surface area contributed by atoms with Crippen LogP contribution in [0, 0.1) is 5.92 Å². The largest absolute Gasteiger partial charge is 0.343 e. The molecule has 2 heterocycles. The standard InChI is InChI=1S/C21H23BN2O3S/c1-23(12-15-6-4-3-5-7-15)21-17(14-27-28(2,25)26)13-24-19-9-8-18(22)10-16(19)11-20(21)24/h3-11,17,21H,12-14H2,1-2H3/t17-,21+/m0/s1. The maximum atomic E-state index is 11.6. The van der Waals surface area contributed by atoms with Crippen molar-refractivity contribution < 1.29 is 12.6 Å². The fourth-order valence-corrected chi connectivity index (χ4v) is 4.67. The highest BCUT2D eigenvalue weighted by molar-refractivity contribution is 7.85. The molecule has 2 atom stereocenters. The maximum Gasteiger partial charge on any atom is 0.264 e. The van der Waals surface area contributed by atoms with E-state index < -0.39 is 10.1 Å². The van der Waals surface area contributed by atoms with Crippen LogP contribution in [-0.2, 0) is 27.4 Å². The highest BCUT2D eigenvalue weighted by Gasteiger charge is 2.37. The van der Waals surface area contributed by atoms with E-state index in [4.69, 9.17) is 12.0 Å². The molecule has 3 aromatic rings. The van der Waals surface area contributed by atoms with Crippen molar-refractivity contribution in [1.82, 2.24) is 9.47 Å². The second kappa shape index (κ2) is 7.39. The van der Waals surface area contributed by atoms with Crippen molar-refractivity contribution in [1.29, 1.82) is 0 Å². The molecule has 1 aliphatic heterocycles. The second-order valence-corrected chi connectivity index (χ2v) is 9.24. The number of aromatic nitrogens is 1. The monoisotopic (exact) mass is 394 g/mol. The highest BCUT2D eigenvalue weighted by Crippen LogP contribution is 2.40. The fourth-order valence-electron chi connectivity index (χ4n) is 4.25. The molecule has 0 saturated carbocycles. The van der Waals surface area contributed by atoms with Crippen molar-refractivity contribution in [2.75, 3.05) is 19.9 Å². The smallest absolute Gasteiger partial charge is 0.264 e. The lowest BCUT2D eigenvalue weighted by Gasteiger charge is -2.29. The molecule has 2 radical (unpaired) electrons. The molecule has 28 heavy (non-hydrogen) atoms. The van der Waals surface area contributed by atoms with Gasteiger partial charge in [0.2, 0.25) is 0 Å². The Kier molecular flexibility index (Phi) is 5.08. The van der Waals surface area contributed by atoms with E-state index in [0.717, 1.165) is 29.2 Å². The van der Waals surface area contributed by atoms with E-state index >= 15 is 0 Å². The van der Waals surface area contributed by atoms with Crippen molar-refractivity contribution in [3.05, 3.63) is 65.9 Å². The molecule has 0 saturated heterocycles. The molecule has 0 aliphatic carbocycles. The van der Waals surface area contributed by atoms with Crippen LogP contribution in [0.5, 0.6) is 0 Å². The van der Waals surface area contributed by atoms with Crippen LogP contribution in [0.3, 0.4) is 0 Å². The van der Waals surface area contributed by atoms with Crippen molar-refractivity contribution in [2.45, 2.75) is 19.1 Å². The lowest BCUT2D eigenvalue weighted by molar-refractivity contribution is 0.136. The van der Waals surface area contributed by atoms with Crippen LogP contribution in [0.25, 0.3) is 10.9 Å². The molecule has 7 heteroatoms. The Labute approximate surface area is 167 Å². The molecular formula is C21H23BN2O3S. The van der Waals surface area contributed by atoms with Gasteiger partial charge in [-0.15, -0.1) is 0 Å². The molecule has 0 unspecified atom stereocenters. The summed E-state index contributed by atoms with van der Waals surface area (Å²) in [7, 11) is 4.55. The summed E-state index contributed by atoms with van der Waals surface area (Å²) in [6.45, 7) is 1.65. The summed E-state index contributed by atoms with van der Waals surface area (Å²) in [5.74, 6) is 0.0420. The highest BCUT2D eigenvalue weighted by atomic mass is 32.2. The zero-order chi connectivity index (χ0) is 19.9. The van der Waals surface area contributed by atoms with Crippen LogP contribution < -0.4 is 5.46 Å². The van der Waals surface area contributed by atoms with Gasteiger partial charge in [-0.25, -0.2) is 0 Å². The van der Waals surface area contributed by atoms with Gasteiger partial charge in [-0.2, -0.15) is 8.42 Å². The van der Waals surface area contributed by atoms with E-state index in [1.165, 1.54) is 11.3 Å². The van der Waals surface area contributed by atoms with Gasteiger partial charge in [0.25, 0.3) is 10.1 Å². The Balaban J connectivity index is 1.69. The minimum absolute atomic E-state index is 0.0420. The van der Waals surface area contributed by atoms with Crippen molar-refractivity contribution in [3.63, 3.8) is 0 Å². The number of nitrogens with zero attached hydrogens (tertiary/aromatic N) is 2. The van der Waals surface area contributed by atoms with E-state index in [-0.39, 0.29) is 18.6 Å². The number of rotatable bonds is 6. The minimum Gasteiger partial charge on any atom is -0.343 e. The van der Waals surface area contributed by atoms with Crippen LogP contribution in [0.1, 0.15) is 17.3 Å². The van der Waals surface area contributed by atoms with Gasteiger partial charge in [0, 0.05) is 30.2 Å². The van der Waals surface area contributed by atoms with Gasteiger partial charge in [-0.1, -0.05) is 47.9 Å². The van der Waals surface area contributed by atoms with E-state index in [0.29, 0.717) is 6.54 Å². The Morgan fingerprint density at radius 3 is 2.64 bits per heavy atom. The summed E-state index contributed by atoms with van der Waals surface area (Å²) in [5, 5.41) is 1.11. The minimum atomic E-state index is -3.48. The zero-order valence-corrected chi connectivity index (χ0v) is 16.9. The molecule has 2 aromatic carbocycles. The summed E-state index contributed by atoms with van der Waals surface area (Å²) in [6, 6.07) is 18.4. The van der Waals surface area contributed by atoms with Gasteiger partial charge in [0.05, 0.1) is 18.9 Å². The number of benzene rings is 2. The molecule has 0 spiro atoms. The third-order valence-electron chi connectivity index (χ3n) is 5.37. The fraction of sp³-hybridized carbons (Fsp3) is 0.333. The van der Waals surface area contributed by atoms with Gasteiger partial charge < -0.3 is 4.57 Å². The van der Waals surface area contributed by atoms with E-state index in [1.54, 1.807) is 0 Å². The average Bonchev–Trinajstić information content (AvgIpc) is 3.14. The molecule has 0 amide bonds. The summed E-state index contributed by atoms with van der Waals surface area (Å²) in [6.07, 6.45) is 1.10. The number of hydrogen-bond donors (Lipinski definition) is 0. The van der Waals surface area contributed by atoms with Gasteiger partial charge in [0.1, 0.15) is 7.85 Å². The zero-order valence-electron chi connectivity index (χ0n) is 16.1. The van der Waals surface area contributed by atoms with Crippen molar-refractivity contribution in [2.24, 2.45) is 5.92 Å². The molecule has 144 valence electrons. The molecular weight excluding hydrogens is 371 g/mol. The van der Waals surface area contributed by atoms with Crippen LogP contribution in [0.2, 0.25) is 0 Å². The lowest BCUT2D eigenvalue weighted by Crippen LogP contribution is -2.30. The first-order valence-electron chi connectivity index (χ1n) is 9.29. The lowest BCUT2D eigenvalue weighted by atomic mass is 9.94. The summed E-state index contributed by atoms with van der Waals surface area (Å²) in [5.41, 5.74) is 4.24. The Hall–Kier alpha value is -2.09. The van der Waals surface area contributed by atoms with E-state index in [9.17, 15) is 8.42 Å². The molecule has 1 aromatic heterocycles. The molecule has 0 fully saturated rings. The number of fused-ring (bicyclic) bond motifs is 3. The predicted molar refractivity (Wildman–Crippen MR) is 112 cm³/mol. The van der Waals surface area contributed by atoms with Crippen LogP contribution in [0.15, 0.2) is 54.6 Å². The quantitative estimate of drug-likeness (QED) is 0.475. The summed E-state index contributed by atoms with van der Waals surface area (Å²) >= 11 is 0. The van der Waals surface area contributed by atoms with Crippen LogP contribution >= 0.6 is 0 Å². The normalized spacial score (nSPS) is 19.4. The average molecular weight is 394 g/mol. The first-order chi connectivity index (χ1) is 13.3.